The Kier molecular flexibility index (Phi) is 5.35. The van der Waals surface area contributed by atoms with Crippen LogP contribution in [0.2, 0.25) is 0 Å². The summed E-state index contributed by atoms with van der Waals surface area (Å²) in [6, 6.07) is 13.2. The Labute approximate surface area is 158 Å². The van der Waals surface area contributed by atoms with Gasteiger partial charge < -0.3 is 14.5 Å². The first-order valence-corrected chi connectivity index (χ1v) is 8.88. The summed E-state index contributed by atoms with van der Waals surface area (Å²) >= 11 is 0. The molecule has 2 aromatic rings. The summed E-state index contributed by atoms with van der Waals surface area (Å²) in [7, 11) is 1.32. The highest BCUT2D eigenvalue weighted by atomic mass is 16.5. The van der Waals surface area contributed by atoms with Gasteiger partial charge in [-0.05, 0) is 38.0 Å². The molecular weight excluding hydrogens is 344 g/mol. The van der Waals surface area contributed by atoms with Gasteiger partial charge in [0.15, 0.2) is 0 Å². The second kappa shape index (κ2) is 7.70. The lowest BCUT2D eigenvalue weighted by atomic mass is 10.0. The van der Waals surface area contributed by atoms with E-state index in [1.165, 1.54) is 12.0 Å². The van der Waals surface area contributed by atoms with Crippen LogP contribution in [0.1, 0.15) is 24.0 Å². The molecule has 0 fully saturated rings. The summed E-state index contributed by atoms with van der Waals surface area (Å²) in [5.74, 6) is 1.16. The summed E-state index contributed by atoms with van der Waals surface area (Å²) in [4.78, 5) is 26.9. The quantitative estimate of drug-likeness (QED) is 0.823. The summed E-state index contributed by atoms with van der Waals surface area (Å²) < 4.78 is 10.4. The van der Waals surface area contributed by atoms with Crippen LogP contribution < -0.4 is 5.32 Å². The highest BCUT2D eigenvalue weighted by Gasteiger charge is 2.47. The van der Waals surface area contributed by atoms with E-state index < -0.39 is 11.6 Å². The number of carbonyl (C=O) groups excluding carboxylic acids is 2. The molecule has 0 bridgehead atoms. The van der Waals surface area contributed by atoms with Crippen molar-refractivity contribution in [2.75, 3.05) is 7.11 Å². The van der Waals surface area contributed by atoms with E-state index in [-0.39, 0.29) is 18.5 Å². The van der Waals surface area contributed by atoms with E-state index in [0.29, 0.717) is 12.2 Å². The SMILES string of the molecule is COC(=O)N1[C@H](Cc2ccccc2)C=C[C@]1(C)C(=O)NCc1ccc(C)o1. The van der Waals surface area contributed by atoms with Crippen molar-refractivity contribution in [2.45, 2.75) is 38.4 Å². The number of hydrogen-bond donors (Lipinski definition) is 1. The van der Waals surface area contributed by atoms with E-state index in [1.807, 2.05) is 55.5 Å². The molecule has 1 aromatic carbocycles. The van der Waals surface area contributed by atoms with Crippen LogP contribution in [0, 0.1) is 6.92 Å². The summed E-state index contributed by atoms with van der Waals surface area (Å²) in [6.07, 6.45) is 3.72. The van der Waals surface area contributed by atoms with Crippen LogP contribution in [-0.4, -0.2) is 35.6 Å². The topological polar surface area (TPSA) is 71.8 Å². The number of ether oxygens (including phenoxy) is 1. The van der Waals surface area contributed by atoms with Gasteiger partial charge in [-0.25, -0.2) is 4.79 Å². The Morgan fingerprint density at radius 2 is 1.96 bits per heavy atom. The highest BCUT2D eigenvalue weighted by molar-refractivity contribution is 5.92. The van der Waals surface area contributed by atoms with Crippen LogP contribution in [0.25, 0.3) is 0 Å². The predicted octanol–water partition coefficient (Wildman–Crippen LogP) is 3.21. The third-order valence-electron chi connectivity index (χ3n) is 4.81. The maximum atomic E-state index is 12.9. The zero-order chi connectivity index (χ0) is 19.4. The average molecular weight is 368 g/mol. The van der Waals surface area contributed by atoms with Gasteiger partial charge >= 0.3 is 6.09 Å². The molecule has 1 aliphatic rings. The van der Waals surface area contributed by atoms with Crippen molar-refractivity contribution in [1.29, 1.82) is 0 Å². The van der Waals surface area contributed by atoms with Gasteiger partial charge in [0, 0.05) is 0 Å². The molecule has 6 nitrogen and oxygen atoms in total. The smallest absolute Gasteiger partial charge is 0.411 e. The normalized spacial score (nSPS) is 21.3. The van der Waals surface area contributed by atoms with E-state index in [9.17, 15) is 9.59 Å². The summed E-state index contributed by atoms with van der Waals surface area (Å²) in [5.41, 5.74) is -0.0504. The zero-order valence-corrected chi connectivity index (χ0v) is 15.8. The van der Waals surface area contributed by atoms with Gasteiger partial charge in [-0.1, -0.05) is 42.5 Å². The molecule has 142 valence electrons. The predicted molar refractivity (Wildman–Crippen MR) is 101 cm³/mol. The second-order valence-electron chi connectivity index (χ2n) is 6.80. The monoisotopic (exact) mass is 368 g/mol. The van der Waals surface area contributed by atoms with Crippen molar-refractivity contribution < 1.29 is 18.7 Å². The first kappa shape index (κ1) is 18.8. The lowest BCUT2D eigenvalue weighted by molar-refractivity contribution is -0.129. The van der Waals surface area contributed by atoms with Gasteiger partial charge in [0.1, 0.15) is 17.1 Å². The van der Waals surface area contributed by atoms with Gasteiger partial charge in [-0.2, -0.15) is 0 Å². The first-order chi connectivity index (χ1) is 12.9. The van der Waals surface area contributed by atoms with E-state index >= 15 is 0 Å². The van der Waals surface area contributed by atoms with Crippen molar-refractivity contribution in [3.63, 3.8) is 0 Å². The van der Waals surface area contributed by atoms with Gasteiger partial charge in [-0.3, -0.25) is 9.69 Å². The summed E-state index contributed by atoms with van der Waals surface area (Å²) in [6.45, 7) is 3.82. The molecule has 0 aliphatic carbocycles. The average Bonchev–Trinajstić information content (AvgIpc) is 3.24. The molecular formula is C21H24N2O4. The Hall–Kier alpha value is -3.02. The van der Waals surface area contributed by atoms with Crippen molar-refractivity contribution in [2.24, 2.45) is 0 Å². The second-order valence-corrected chi connectivity index (χ2v) is 6.80. The Morgan fingerprint density at radius 1 is 1.22 bits per heavy atom. The van der Waals surface area contributed by atoms with Crippen molar-refractivity contribution in [3.8, 4) is 0 Å². The van der Waals surface area contributed by atoms with E-state index in [0.717, 1.165) is 11.3 Å². The number of benzene rings is 1. The van der Waals surface area contributed by atoms with Crippen molar-refractivity contribution >= 4 is 12.0 Å². The molecule has 0 spiro atoms. The Balaban J connectivity index is 1.76. The number of carbonyl (C=O) groups is 2. The van der Waals surface area contributed by atoms with E-state index in [2.05, 4.69) is 5.32 Å². The fourth-order valence-corrected chi connectivity index (χ4v) is 3.36. The molecule has 0 saturated heterocycles. The number of aryl methyl sites for hydroxylation is 1. The van der Waals surface area contributed by atoms with Gasteiger partial charge in [-0.15, -0.1) is 0 Å². The maximum absolute atomic E-state index is 12.9. The van der Waals surface area contributed by atoms with Crippen molar-refractivity contribution in [1.82, 2.24) is 10.2 Å². The number of furan rings is 1. The van der Waals surface area contributed by atoms with Crippen LogP contribution in [0.4, 0.5) is 4.79 Å². The largest absolute Gasteiger partial charge is 0.465 e. The fraction of sp³-hybridized carbons (Fsp3) is 0.333. The molecule has 1 aliphatic heterocycles. The fourth-order valence-electron chi connectivity index (χ4n) is 3.36. The standard InChI is InChI=1S/C21H24N2O4/c1-15-9-10-18(27-15)14-22-19(24)21(2)12-11-17(23(21)20(25)26-3)13-16-7-5-4-6-8-16/h4-12,17H,13-14H2,1-3H3,(H,22,24)/t17-,21+/m0/s1. The molecule has 6 heteroatoms. The molecule has 27 heavy (non-hydrogen) atoms. The lowest BCUT2D eigenvalue weighted by Crippen LogP contribution is -2.58. The minimum atomic E-state index is -1.13. The van der Waals surface area contributed by atoms with Crippen LogP contribution in [0.15, 0.2) is 59.0 Å². The van der Waals surface area contributed by atoms with E-state index in [1.54, 1.807) is 13.0 Å². The molecule has 3 rings (SSSR count). The van der Waals surface area contributed by atoms with Crippen LogP contribution in [0.5, 0.6) is 0 Å². The lowest BCUT2D eigenvalue weighted by Gasteiger charge is -2.36. The Morgan fingerprint density at radius 3 is 2.59 bits per heavy atom. The minimum Gasteiger partial charge on any atom is -0.465 e. The number of amides is 2. The highest BCUT2D eigenvalue weighted by Crippen LogP contribution is 2.30. The van der Waals surface area contributed by atoms with Crippen LogP contribution in [0.3, 0.4) is 0 Å². The van der Waals surface area contributed by atoms with Gasteiger partial charge in [0.25, 0.3) is 0 Å². The van der Waals surface area contributed by atoms with Crippen molar-refractivity contribution in [3.05, 3.63) is 71.7 Å². The molecule has 0 radical (unpaired) electrons. The molecule has 2 amide bonds. The minimum absolute atomic E-state index is 0.258. The molecule has 0 unspecified atom stereocenters. The molecule has 1 N–H and O–H groups in total. The molecule has 2 heterocycles. The maximum Gasteiger partial charge on any atom is 0.411 e. The summed E-state index contributed by atoms with van der Waals surface area (Å²) in [5, 5.41) is 2.85. The number of nitrogens with zero attached hydrogens (tertiary/aromatic N) is 1. The third-order valence-corrected chi connectivity index (χ3v) is 4.81. The number of rotatable bonds is 5. The molecule has 1 aromatic heterocycles. The number of methoxy groups -OCH3 is 1. The van der Waals surface area contributed by atoms with E-state index in [4.69, 9.17) is 9.15 Å². The van der Waals surface area contributed by atoms with Crippen LogP contribution in [-0.2, 0) is 22.5 Å². The van der Waals surface area contributed by atoms with Gasteiger partial charge in [0.2, 0.25) is 5.91 Å². The molecule has 2 atom stereocenters. The van der Waals surface area contributed by atoms with Gasteiger partial charge in [0.05, 0.1) is 19.7 Å². The number of hydrogen-bond acceptors (Lipinski definition) is 4. The Bertz CT molecular complexity index is 843. The van der Waals surface area contributed by atoms with Crippen LogP contribution >= 0.6 is 0 Å². The first-order valence-electron chi connectivity index (χ1n) is 8.88. The third kappa shape index (κ3) is 3.89. The zero-order valence-electron chi connectivity index (χ0n) is 15.8. The number of nitrogens with one attached hydrogen (secondary N) is 1. The molecule has 0 saturated carbocycles.